The van der Waals surface area contributed by atoms with Gasteiger partial charge in [0.2, 0.25) is 0 Å². The van der Waals surface area contributed by atoms with Crippen LogP contribution < -0.4 is 23.7 Å². The average molecular weight is 907 g/mol. The number of rotatable bonds is 5. The van der Waals surface area contributed by atoms with Crippen molar-refractivity contribution in [3.63, 3.8) is 0 Å². The van der Waals surface area contributed by atoms with Gasteiger partial charge in [-0.05, 0) is 176 Å². The molecule has 0 N–H and O–H groups in total. The van der Waals surface area contributed by atoms with E-state index in [1.54, 1.807) is 0 Å². The lowest BCUT2D eigenvalue weighted by atomic mass is 9.68. The Bertz CT molecular complexity index is 2070. The number of hydrogen-bond donors (Lipinski definition) is 0. The standard InChI is InChI=1S/C51H59IN2O5/c1-3-53-29-25-50(26-30-53)40-9-18-45(19-10-40)55-33-5-34-56-47-22-13-42(14-23-47)51(27-31-54(4-2)32-28-51)43-15-24-48(49(37-43)59-38-39-7-16-44(52)17-8-39)58-36-6-35-57-46-20-11-41(50)12-21-46/h7-24,37H,3-6,25-36,38H2,1-2H3. The van der Waals surface area contributed by atoms with E-state index in [1.807, 2.05) is 0 Å². The molecule has 0 aliphatic carbocycles. The monoisotopic (exact) mass is 906 g/mol. The molecule has 0 aromatic heterocycles. The van der Waals surface area contributed by atoms with Gasteiger partial charge in [-0.1, -0.05) is 68.4 Å². The summed E-state index contributed by atoms with van der Waals surface area (Å²) in [5.41, 5.74) is 6.17. The van der Waals surface area contributed by atoms with Gasteiger partial charge in [0.1, 0.15) is 23.9 Å². The van der Waals surface area contributed by atoms with E-state index in [4.69, 9.17) is 23.7 Å². The Morgan fingerprint density at radius 1 is 0.508 bits per heavy atom. The van der Waals surface area contributed by atoms with Gasteiger partial charge in [0.15, 0.2) is 11.5 Å². The molecular weight excluding hydrogens is 847 g/mol. The lowest BCUT2D eigenvalue weighted by Gasteiger charge is -2.43. The predicted molar refractivity (Wildman–Crippen MR) is 245 cm³/mol. The minimum Gasteiger partial charge on any atom is -0.493 e. The summed E-state index contributed by atoms with van der Waals surface area (Å²) in [5.74, 6) is 4.20. The first-order valence-electron chi connectivity index (χ1n) is 21.8. The number of piperidine rings is 2. The van der Waals surface area contributed by atoms with E-state index >= 15 is 0 Å². The van der Waals surface area contributed by atoms with Crippen LogP contribution >= 0.6 is 22.6 Å². The van der Waals surface area contributed by atoms with Crippen molar-refractivity contribution in [3.8, 4) is 28.7 Å². The molecule has 5 aromatic carbocycles. The van der Waals surface area contributed by atoms with Crippen molar-refractivity contribution in [2.75, 3.05) is 65.7 Å². The summed E-state index contributed by atoms with van der Waals surface area (Å²) in [7, 11) is 0. The SMILES string of the molecule is CCN1CCC2(CC1)c1ccc(cc1)OCCCOc1ccc(cc1)C1(CCN(CC)CC1)c1ccc(c(OCc3ccc(I)cc3)c1)OCCCOc1ccc2cc1. The van der Waals surface area contributed by atoms with Crippen LogP contribution in [0.1, 0.15) is 80.2 Å². The molecule has 310 valence electrons. The second-order valence-electron chi connectivity index (χ2n) is 16.3. The highest BCUT2D eigenvalue weighted by molar-refractivity contribution is 14.1. The van der Waals surface area contributed by atoms with E-state index in [0.717, 1.165) is 112 Å². The van der Waals surface area contributed by atoms with Crippen LogP contribution in [0.2, 0.25) is 0 Å². The molecule has 8 heteroatoms. The third-order valence-electron chi connectivity index (χ3n) is 13.0. The maximum atomic E-state index is 6.64. The third-order valence-corrected chi connectivity index (χ3v) is 13.7. The minimum atomic E-state index is -0.161. The zero-order valence-corrected chi connectivity index (χ0v) is 37.0. The van der Waals surface area contributed by atoms with Crippen LogP contribution in [0.25, 0.3) is 0 Å². The Hall–Kier alpha value is -4.25. The van der Waals surface area contributed by atoms with Crippen LogP contribution in [0.15, 0.2) is 115 Å². The molecule has 9 aliphatic heterocycles. The minimum absolute atomic E-state index is 0.0521. The van der Waals surface area contributed by atoms with Crippen LogP contribution in [0, 0.1) is 3.57 Å². The lowest BCUT2D eigenvalue weighted by Crippen LogP contribution is -2.43. The van der Waals surface area contributed by atoms with Gasteiger partial charge in [-0.2, -0.15) is 0 Å². The van der Waals surface area contributed by atoms with Gasteiger partial charge in [0.05, 0.1) is 26.4 Å². The number of hydrogen-bond acceptors (Lipinski definition) is 7. The molecular formula is C51H59IN2O5. The predicted octanol–water partition coefficient (Wildman–Crippen LogP) is 10.7. The summed E-state index contributed by atoms with van der Waals surface area (Å²) in [6.07, 6.45) is 5.74. The highest BCUT2D eigenvalue weighted by atomic mass is 127. The zero-order valence-electron chi connectivity index (χ0n) is 34.8. The van der Waals surface area contributed by atoms with E-state index in [-0.39, 0.29) is 10.8 Å². The fourth-order valence-electron chi connectivity index (χ4n) is 9.25. The normalized spacial score (nSPS) is 18.7. The van der Waals surface area contributed by atoms with Crippen LogP contribution in [0.4, 0.5) is 0 Å². The third kappa shape index (κ3) is 9.71. The average Bonchev–Trinajstić information content (AvgIpc) is 3.29. The fourth-order valence-corrected chi connectivity index (χ4v) is 9.61. The Kier molecular flexibility index (Phi) is 13.7. The van der Waals surface area contributed by atoms with Gasteiger partial charge in [0.25, 0.3) is 0 Å². The lowest BCUT2D eigenvalue weighted by molar-refractivity contribution is 0.186. The number of halogens is 1. The second-order valence-corrected chi connectivity index (χ2v) is 17.5. The molecule has 5 aromatic rings. The van der Waals surface area contributed by atoms with Gasteiger partial charge >= 0.3 is 0 Å². The summed E-state index contributed by atoms with van der Waals surface area (Å²) >= 11 is 2.35. The molecule has 9 aliphatic rings. The zero-order chi connectivity index (χ0) is 40.5. The largest absolute Gasteiger partial charge is 0.493 e. The number of benzene rings is 5. The highest BCUT2D eigenvalue weighted by Gasteiger charge is 2.39. The van der Waals surface area contributed by atoms with Gasteiger partial charge in [-0.3, -0.25) is 0 Å². The first-order valence-corrected chi connectivity index (χ1v) is 22.8. The van der Waals surface area contributed by atoms with Crippen molar-refractivity contribution < 1.29 is 23.7 Å². The van der Waals surface area contributed by atoms with E-state index in [9.17, 15) is 0 Å². The van der Waals surface area contributed by atoms with Crippen LogP contribution in [0.3, 0.4) is 0 Å². The fraction of sp³-hybridized carbons (Fsp3) is 0.412. The summed E-state index contributed by atoms with van der Waals surface area (Å²) in [6, 6.07) is 41.6. The number of likely N-dealkylation sites (tertiary alicyclic amines) is 2. The first kappa shape index (κ1) is 41.5. The van der Waals surface area contributed by atoms with E-state index in [2.05, 4.69) is 161 Å². The molecule has 0 saturated carbocycles. The Balaban J connectivity index is 1.06. The van der Waals surface area contributed by atoms with Crippen molar-refractivity contribution in [2.45, 2.75) is 69.8 Å². The smallest absolute Gasteiger partial charge is 0.161 e. The summed E-state index contributed by atoms with van der Waals surface area (Å²) in [4.78, 5) is 5.10. The molecule has 0 atom stereocenters. The molecule has 0 radical (unpaired) electrons. The molecule has 14 rings (SSSR count). The molecule has 2 fully saturated rings. The quantitative estimate of drug-likeness (QED) is 0.163. The van der Waals surface area contributed by atoms with Gasteiger partial charge in [0, 0.05) is 27.2 Å². The molecule has 2 spiro atoms. The Morgan fingerprint density at radius 2 is 0.915 bits per heavy atom. The van der Waals surface area contributed by atoms with Crippen LogP contribution in [-0.2, 0) is 17.4 Å². The van der Waals surface area contributed by atoms with Crippen molar-refractivity contribution >= 4 is 22.6 Å². The highest BCUT2D eigenvalue weighted by Crippen LogP contribution is 2.46. The summed E-state index contributed by atoms with van der Waals surface area (Å²) in [5, 5.41) is 0. The molecule has 0 unspecified atom stereocenters. The van der Waals surface area contributed by atoms with Crippen molar-refractivity contribution in [2.24, 2.45) is 0 Å². The van der Waals surface area contributed by atoms with Crippen molar-refractivity contribution in [1.82, 2.24) is 9.80 Å². The molecule has 0 amide bonds. The summed E-state index contributed by atoms with van der Waals surface area (Å²) in [6.45, 7) is 13.6. The van der Waals surface area contributed by atoms with Crippen molar-refractivity contribution in [1.29, 1.82) is 0 Å². The molecule has 2 saturated heterocycles. The van der Waals surface area contributed by atoms with Gasteiger partial charge < -0.3 is 33.5 Å². The summed E-state index contributed by atoms with van der Waals surface area (Å²) < 4.78 is 33.1. The number of nitrogens with zero attached hydrogens (tertiary/aromatic N) is 2. The maximum absolute atomic E-state index is 6.64. The van der Waals surface area contributed by atoms with Gasteiger partial charge in [-0.25, -0.2) is 0 Å². The van der Waals surface area contributed by atoms with Crippen molar-refractivity contribution in [3.05, 3.63) is 147 Å². The second kappa shape index (κ2) is 19.4. The van der Waals surface area contributed by atoms with Crippen LogP contribution in [0.5, 0.6) is 28.7 Å². The maximum Gasteiger partial charge on any atom is 0.161 e. The van der Waals surface area contributed by atoms with E-state index < -0.39 is 0 Å². The van der Waals surface area contributed by atoms with E-state index in [1.165, 1.54) is 25.8 Å². The molecule has 59 heavy (non-hydrogen) atoms. The van der Waals surface area contributed by atoms with Crippen LogP contribution in [-0.4, -0.2) is 75.5 Å². The number of ether oxygens (including phenoxy) is 5. The Morgan fingerprint density at radius 3 is 1.36 bits per heavy atom. The topological polar surface area (TPSA) is 52.6 Å². The van der Waals surface area contributed by atoms with E-state index in [0.29, 0.717) is 33.0 Å². The molecule has 8 bridgehead atoms. The Labute approximate surface area is 365 Å². The molecule has 7 nitrogen and oxygen atoms in total. The molecule has 9 heterocycles. The first-order chi connectivity index (χ1) is 29.0. The van der Waals surface area contributed by atoms with Gasteiger partial charge in [-0.15, -0.1) is 0 Å².